The van der Waals surface area contributed by atoms with E-state index >= 15 is 0 Å². The van der Waals surface area contributed by atoms with E-state index in [9.17, 15) is 4.79 Å². The molecule has 3 rings (SSSR count). The second-order valence-corrected chi connectivity index (χ2v) is 4.56. The second-order valence-electron chi connectivity index (χ2n) is 4.56. The van der Waals surface area contributed by atoms with Crippen LogP contribution in [0.15, 0.2) is 45.6 Å². The third-order valence-corrected chi connectivity index (χ3v) is 3.03. The molecule has 1 amide bonds. The number of nitrogens with one attached hydrogen (secondary N) is 1. The summed E-state index contributed by atoms with van der Waals surface area (Å²) in [6.45, 7) is 3.62. The van der Waals surface area contributed by atoms with Crippen molar-refractivity contribution in [3.05, 3.63) is 53.9 Å². The van der Waals surface area contributed by atoms with E-state index in [2.05, 4.69) is 15.5 Å². The van der Waals surface area contributed by atoms with Crippen LogP contribution < -0.4 is 5.32 Å². The summed E-state index contributed by atoms with van der Waals surface area (Å²) in [4.78, 5) is 16.0. The van der Waals surface area contributed by atoms with Gasteiger partial charge < -0.3 is 14.3 Å². The lowest BCUT2D eigenvalue weighted by Crippen LogP contribution is -2.10. The van der Waals surface area contributed by atoms with Crippen molar-refractivity contribution < 1.29 is 13.7 Å². The number of hydrogen-bond donors (Lipinski definition) is 1. The minimum atomic E-state index is -0.332. The third-order valence-electron chi connectivity index (χ3n) is 3.03. The van der Waals surface area contributed by atoms with Crippen LogP contribution in [0, 0.1) is 13.8 Å². The molecule has 0 saturated heterocycles. The van der Waals surface area contributed by atoms with Crippen molar-refractivity contribution in [2.75, 3.05) is 5.32 Å². The van der Waals surface area contributed by atoms with Crippen LogP contribution in [0.25, 0.3) is 11.3 Å². The van der Waals surface area contributed by atoms with Gasteiger partial charge in [-0.1, -0.05) is 5.16 Å². The normalized spacial score (nSPS) is 10.6. The number of furan rings is 1. The Morgan fingerprint density at radius 3 is 2.76 bits per heavy atom. The van der Waals surface area contributed by atoms with E-state index in [-0.39, 0.29) is 11.7 Å². The van der Waals surface area contributed by atoms with E-state index in [0.717, 1.165) is 11.3 Å². The van der Waals surface area contributed by atoms with Crippen LogP contribution in [-0.2, 0) is 0 Å². The van der Waals surface area contributed by atoms with Gasteiger partial charge in [0.25, 0.3) is 5.91 Å². The summed E-state index contributed by atoms with van der Waals surface area (Å²) >= 11 is 0. The van der Waals surface area contributed by atoms with Crippen LogP contribution in [0.5, 0.6) is 0 Å². The highest BCUT2D eigenvalue weighted by Gasteiger charge is 2.18. The summed E-state index contributed by atoms with van der Waals surface area (Å²) in [6.07, 6.45) is 3.20. The van der Waals surface area contributed by atoms with Gasteiger partial charge in [-0.3, -0.25) is 9.78 Å². The molecule has 3 heterocycles. The standard InChI is InChI=1S/C15H13N3O3/c1-9-14(10(2)21-18-9)12-5-6-13(20-12)15(19)17-11-4-3-7-16-8-11/h3-8H,1-2H3,(H,17,19). The molecule has 6 nitrogen and oxygen atoms in total. The molecule has 21 heavy (non-hydrogen) atoms. The van der Waals surface area contributed by atoms with Crippen LogP contribution in [0.1, 0.15) is 22.0 Å². The maximum Gasteiger partial charge on any atom is 0.291 e. The molecule has 0 aliphatic carbocycles. The Morgan fingerprint density at radius 2 is 2.10 bits per heavy atom. The van der Waals surface area contributed by atoms with Crippen molar-refractivity contribution in [1.82, 2.24) is 10.1 Å². The van der Waals surface area contributed by atoms with Gasteiger partial charge in [-0.2, -0.15) is 0 Å². The maximum absolute atomic E-state index is 12.1. The lowest BCUT2D eigenvalue weighted by atomic mass is 10.1. The third kappa shape index (κ3) is 2.55. The van der Waals surface area contributed by atoms with Gasteiger partial charge in [0.05, 0.1) is 23.1 Å². The molecular weight excluding hydrogens is 270 g/mol. The van der Waals surface area contributed by atoms with Gasteiger partial charge in [0.2, 0.25) is 0 Å². The van der Waals surface area contributed by atoms with E-state index < -0.39 is 0 Å². The molecule has 106 valence electrons. The average Bonchev–Trinajstić information content (AvgIpc) is 3.07. The number of carbonyl (C=O) groups is 1. The molecule has 1 N–H and O–H groups in total. The number of aromatic nitrogens is 2. The molecule has 0 atom stereocenters. The second kappa shape index (κ2) is 5.24. The Hall–Kier alpha value is -2.89. The van der Waals surface area contributed by atoms with Gasteiger partial charge in [0.15, 0.2) is 5.76 Å². The quantitative estimate of drug-likeness (QED) is 0.798. The Balaban J connectivity index is 1.84. The average molecular weight is 283 g/mol. The number of rotatable bonds is 3. The first-order valence-electron chi connectivity index (χ1n) is 6.39. The van der Waals surface area contributed by atoms with Crippen LogP contribution in [-0.4, -0.2) is 16.0 Å². The van der Waals surface area contributed by atoms with Crippen LogP contribution in [0.4, 0.5) is 5.69 Å². The van der Waals surface area contributed by atoms with E-state index in [1.54, 1.807) is 43.6 Å². The lowest BCUT2D eigenvalue weighted by molar-refractivity contribution is 0.0997. The van der Waals surface area contributed by atoms with Crippen molar-refractivity contribution in [3.8, 4) is 11.3 Å². The van der Waals surface area contributed by atoms with E-state index in [4.69, 9.17) is 8.94 Å². The molecule has 0 fully saturated rings. The zero-order valence-electron chi connectivity index (χ0n) is 11.6. The van der Waals surface area contributed by atoms with Crippen molar-refractivity contribution in [3.63, 3.8) is 0 Å². The van der Waals surface area contributed by atoms with Gasteiger partial charge in [0.1, 0.15) is 11.5 Å². The SMILES string of the molecule is Cc1noc(C)c1-c1ccc(C(=O)Nc2cccnc2)o1. The molecule has 0 unspecified atom stereocenters. The Labute approximate surface area is 120 Å². The Kier molecular flexibility index (Phi) is 3.27. The van der Waals surface area contributed by atoms with E-state index in [1.807, 2.05) is 6.92 Å². The molecule has 0 radical (unpaired) electrons. The predicted molar refractivity (Wildman–Crippen MR) is 75.9 cm³/mol. The highest BCUT2D eigenvalue weighted by atomic mass is 16.5. The molecule has 0 aromatic carbocycles. The summed E-state index contributed by atoms with van der Waals surface area (Å²) < 4.78 is 10.7. The summed E-state index contributed by atoms with van der Waals surface area (Å²) in [7, 11) is 0. The van der Waals surface area contributed by atoms with Gasteiger partial charge in [-0.05, 0) is 38.1 Å². The van der Waals surface area contributed by atoms with E-state index in [1.165, 1.54) is 0 Å². The van der Waals surface area contributed by atoms with Crippen LogP contribution in [0.2, 0.25) is 0 Å². The minimum absolute atomic E-state index is 0.217. The number of hydrogen-bond acceptors (Lipinski definition) is 5. The summed E-state index contributed by atoms with van der Waals surface area (Å²) in [5.74, 6) is 1.10. The number of aryl methyl sites for hydroxylation is 2. The minimum Gasteiger partial charge on any atom is -0.451 e. The molecule has 6 heteroatoms. The summed E-state index contributed by atoms with van der Waals surface area (Å²) in [6, 6.07) is 6.84. The number of pyridine rings is 1. The smallest absolute Gasteiger partial charge is 0.291 e. The topological polar surface area (TPSA) is 81.2 Å². The predicted octanol–water partition coefficient (Wildman–Crippen LogP) is 3.20. The number of anilines is 1. The fraction of sp³-hybridized carbons (Fsp3) is 0.133. The molecular formula is C15H13N3O3. The maximum atomic E-state index is 12.1. The molecule has 3 aromatic heterocycles. The molecule has 0 spiro atoms. The number of nitrogens with zero attached hydrogens (tertiary/aromatic N) is 2. The van der Waals surface area contributed by atoms with Crippen LogP contribution in [0.3, 0.4) is 0 Å². The van der Waals surface area contributed by atoms with Crippen molar-refractivity contribution in [2.24, 2.45) is 0 Å². The molecule has 3 aromatic rings. The van der Waals surface area contributed by atoms with E-state index in [0.29, 0.717) is 17.2 Å². The summed E-state index contributed by atoms with van der Waals surface area (Å²) in [5.41, 5.74) is 2.11. The van der Waals surface area contributed by atoms with Gasteiger partial charge in [0, 0.05) is 6.20 Å². The van der Waals surface area contributed by atoms with Gasteiger partial charge in [-0.15, -0.1) is 0 Å². The first-order valence-corrected chi connectivity index (χ1v) is 6.39. The lowest BCUT2D eigenvalue weighted by Gasteiger charge is -2.01. The zero-order chi connectivity index (χ0) is 14.8. The summed E-state index contributed by atoms with van der Waals surface area (Å²) in [5, 5.41) is 6.58. The van der Waals surface area contributed by atoms with Crippen LogP contribution >= 0.6 is 0 Å². The van der Waals surface area contributed by atoms with Crippen molar-refractivity contribution >= 4 is 11.6 Å². The Bertz CT molecular complexity index is 755. The fourth-order valence-electron chi connectivity index (χ4n) is 2.06. The number of amides is 1. The first kappa shape index (κ1) is 13.1. The molecule has 0 saturated carbocycles. The number of carbonyl (C=O) groups excluding carboxylic acids is 1. The molecule has 0 aliphatic rings. The zero-order valence-corrected chi connectivity index (χ0v) is 11.6. The first-order chi connectivity index (χ1) is 10.1. The molecule has 0 bridgehead atoms. The molecule has 0 aliphatic heterocycles. The fourth-order valence-corrected chi connectivity index (χ4v) is 2.06. The Morgan fingerprint density at radius 1 is 1.24 bits per heavy atom. The highest BCUT2D eigenvalue weighted by molar-refractivity contribution is 6.02. The monoisotopic (exact) mass is 283 g/mol. The van der Waals surface area contributed by atoms with Crippen molar-refractivity contribution in [2.45, 2.75) is 13.8 Å². The highest BCUT2D eigenvalue weighted by Crippen LogP contribution is 2.28. The largest absolute Gasteiger partial charge is 0.451 e. The van der Waals surface area contributed by atoms with Gasteiger partial charge in [-0.25, -0.2) is 0 Å². The van der Waals surface area contributed by atoms with Crippen molar-refractivity contribution in [1.29, 1.82) is 0 Å². The van der Waals surface area contributed by atoms with Gasteiger partial charge >= 0.3 is 0 Å².